The maximum atomic E-state index is 4.38. The van der Waals surface area contributed by atoms with Gasteiger partial charge in [0.15, 0.2) is 0 Å². The summed E-state index contributed by atoms with van der Waals surface area (Å²) in [7, 11) is 0. The van der Waals surface area contributed by atoms with Crippen molar-refractivity contribution in [1.82, 2.24) is 9.78 Å². The Labute approximate surface area is 108 Å². The van der Waals surface area contributed by atoms with Crippen molar-refractivity contribution in [2.75, 3.05) is 0 Å². The molecule has 0 atom stereocenters. The summed E-state index contributed by atoms with van der Waals surface area (Å²) in [4.78, 5) is 0. The summed E-state index contributed by atoms with van der Waals surface area (Å²) in [6.45, 7) is 8.12. The van der Waals surface area contributed by atoms with E-state index in [1.807, 2.05) is 49.0 Å². The standard InChI is InChI=1S/C16H18N2/c1-13(11-16-7-5-4-6-8-16)9-10-18-15(3)12-14(2)17-18/h4-10,12H,1,11H2,2-3H3/b10-9-. The van der Waals surface area contributed by atoms with Crippen LogP contribution in [0.2, 0.25) is 0 Å². The molecule has 0 bridgehead atoms. The molecule has 0 amide bonds. The molecule has 0 saturated heterocycles. The van der Waals surface area contributed by atoms with Crippen LogP contribution >= 0.6 is 0 Å². The van der Waals surface area contributed by atoms with Crippen molar-refractivity contribution in [3.8, 4) is 0 Å². The molecule has 0 saturated carbocycles. The zero-order chi connectivity index (χ0) is 13.0. The molecule has 0 fully saturated rings. The first kappa shape index (κ1) is 12.4. The highest BCUT2D eigenvalue weighted by Crippen LogP contribution is 2.09. The van der Waals surface area contributed by atoms with Crippen molar-refractivity contribution in [2.24, 2.45) is 0 Å². The molecule has 2 heteroatoms. The normalized spacial score (nSPS) is 11.0. The molecule has 0 unspecified atom stereocenters. The SMILES string of the molecule is C=C(/C=C\n1nc(C)cc1C)Cc1ccccc1. The van der Waals surface area contributed by atoms with Crippen LogP contribution in [0.3, 0.4) is 0 Å². The molecule has 1 aromatic carbocycles. The van der Waals surface area contributed by atoms with Gasteiger partial charge in [0.05, 0.1) is 5.69 Å². The lowest BCUT2D eigenvalue weighted by molar-refractivity contribution is 0.879. The fourth-order valence-corrected chi connectivity index (χ4v) is 1.89. The Kier molecular flexibility index (Phi) is 3.78. The fraction of sp³-hybridized carbons (Fsp3) is 0.188. The van der Waals surface area contributed by atoms with Crippen LogP contribution < -0.4 is 0 Å². The lowest BCUT2D eigenvalue weighted by atomic mass is 10.1. The fourth-order valence-electron chi connectivity index (χ4n) is 1.89. The average molecular weight is 238 g/mol. The quantitative estimate of drug-likeness (QED) is 0.741. The number of aromatic nitrogens is 2. The molecule has 0 aliphatic carbocycles. The first-order valence-electron chi connectivity index (χ1n) is 6.08. The van der Waals surface area contributed by atoms with Gasteiger partial charge < -0.3 is 0 Å². The second-order valence-corrected chi connectivity index (χ2v) is 4.51. The van der Waals surface area contributed by atoms with Crippen LogP contribution in [0.15, 0.2) is 54.6 Å². The van der Waals surface area contributed by atoms with Gasteiger partial charge in [-0.3, -0.25) is 0 Å². The molecule has 0 spiro atoms. The van der Waals surface area contributed by atoms with Crippen molar-refractivity contribution >= 4 is 6.20 Å². The van der Waals surface area contributed by atoms with E-state index in [-0.39, 0.29) is 0 Å². The topological polar surface area (TPSA) is 17.8 Å². The summed E-state index contributed by atoms with van der Waals surface area (Å²) < 4.78 is 1.88. The average Bonchev–Trinajstić information content (AvgIpc) is 2.66. The Morgan fingerprint density at radius 2 is 2.00 bits per heavy atom. The Morgan fingerprint density at radius 1 is 1.28 bits per heavy atom. The van der Waals surface area contributed by atoms with Gasteiger partial charge in [-0.1, -0.05) is 36.9 Å². The van der Waals surface area contributed by atoms with Crippen molar-refractivity contribution in [2.45, 2.75) is 20.3 Å². The van der Waals surface area contributed by atoms with Gasteiger partial charge in [0.25, 0.3) is 0 Å². The van der Waals surface area contributed by atoms with Gasteiger partial charge in [-0.05, 0) is 43.5 Å². The van der Waals surface area contributed by atoms with Crippen LogP contribution in [-0.4, -0.2) is 9.78 Å². The molecule has 0 aliphatic rings. The Hall–Kier alpha value is -2.09. The summed E-state index contributed by atoms with van der Waals surface area (Å²) >= 11 is 0. The van der Waals surface area contributed by atoms with Gasteiger partial charge in [0.2, 0.25) is 0 Å². The van der Waals surface area contributed by atoms with E-state index >= 15 is 0 Å². The van der Waals surface area contributed by atoms with Crippen molar-refractivity contribution < 1.29 is 0 Å². The molecule has 0 N–H and O–H groups in total. The third-order valence-corrected chi connectivity index (χ3v) is 2.77. The minimum Gasteiger partial charge on any atom is -0.245 e. The molecule has 1 heterocycles. The molecule has 0 aliphatic heterocycles. The Balaban J connectivity index is 2.01. The smallest absolute Gasteiger partial charge is 0.0600 e. The lowest BCUT2D eigenvalue weighted by Crippen LogP contribution is -1.93. The third-order valence-electron chi connectivity index (χ3n) is 2.77. The molecular weight excluding hydrogens is 220 g/mol. The number of rotatable bonds is 4. The Morgan fingerprint density at radius 3 is 2.61 bits per heavy atom. The lowest BCUT2D eigenvalue weighted by Gasteiger charge is -2.01. The minimum absolute atomic E-state index is 0.872. The van der Waals surface area contributed by atoms with Gasteiger partial charge in [-0.2, -0.15) is 5.10 Å². The molecule has 92 valence electrons. The van der Waals surface area contributed by atoms with Crippen molar-refractivity contribution in [1.29, 1.82) is 0 Å². The van der Waals surface area contributed by atoms with E-state index in [1.54, 1.807) is 0 Å². The summed E-state index contributed by atoms with van der Waals surface area (Å²) in [5.74, 6) is 0. The number of allylic oxidation sites excluding steroid dienone is 2. The maximum Gasteiger partial charge on any atom is 0.0600 e. The molecule has 2 rings (SSSR count). The number of aryl methyl sites for hydroxylation is 2. The van der Waals surface area contributed by atoms with Crippen LogP contribution in [0.1, 0.15) is 17.0 Å². The highest BCUT2D eigenvalue weighted by atomic mass is 15.3. The second-order valence-electron chi connectivity index (χ2n) is 4.51. The zero-order valence-corrected chi connectivity index (χ0v) is 10.9. The van der Waals surface area contributed by atoms with E-state index in [1.165, 1.54) is 5.56 Å². The minimum atomic E-state index is 0.872. The Bertz CT molecular complexity index is 562. The van der Waals surface area contributed by atoms with Gasteiger partial charge in [0, 0.05) is 11.9 Å². The van der Waals surface area contributed by atoms with Crippen molar-refractivity contribution in [3.05, 3.63) is 71.6 Å². The molecule has 0 radical (unpaired) electrons. The van der Waals surface area contributed by atoms with Crippen LogP contribution in [0.25, 0.3) is 6.20 Å². The van der Waals surface area contributed by atoms with E-state index in [4.69, 9.17) is 0 Å². The van der Waals surface area contributed by atoms with E-state index in [9.17, 15) is 0 Å². The largest absolute Gasteiger partial charge is 0.245 e. The highest BCUT2D eigenvalue weighted by molar-refractivity contribution is 5.36. The van der Waals surface area contributed by atoms with E-state index in [0.717, 1.165) is 23.4 Å². The predicted octanol–water partition coefficient (Wildman–Crippen LogP) is 3.77. The molecular formula is C16H18N2. The van der Waals surface area contributed by atoms with E-state index < -0.39 is 0 Å². The first-order chi connectivity index (χ1) is 8.65. The molecule has 2 aromatic rings. The first-order valence-corrected chi connectivity index (χ1v) is 6.08. The summed E-state index contributed by atoms with van der Waals surface area (Å²) in [5, 5.41) is 4.38. The van der Waals surface area contributed by atoms with E-state index in [0.29, 0.717) is 0 Å². The number of hydrogen-bond donors (Lipinski definition) is 0. The van der Waals surface area contributed by atoms with Crippen molar-refractivity contribution in [3.63, 3.8) is 0 Å². The van der Waals surface area contributed by atoms with Crippen LogP contribution in [0.5, 0.6) is 0 Å². The van der Waals surface area contributed by atoms with Crippen LogP contribution in [-0.2, 0) is 6.42 Å². The molecule has 2 nitrogen and oxygen atoms in total. The monoisotopic (exact) mass is 238 g/mol. The zero-order valence-electron chi connectivity index (χ0n) is 10.9. The molecule has 18 heavy (non-hydrogen) atoms. The van der Waals surface area contributed by atoms with E-state index in [2.05, 4.69) is 29.9 Å². The third kappa shape index (κ3) is 3.20. The summed E-state index contributed by atoms with van der Waals surface area (Å²) in [5.41, 5.74) is 4.52. The van der Waals surface area contributed by atoms with Crippen LogP contribution in [0.4, 0.5) is 0 Å². The van der Waals surface area contributed by atoms with Gasteiger partial charge in [-0.25, -0.2) is 4.68 Å². The highest BCUT2D eigenvalue weighted by Gasteiger charge is 1.97. The number of benzene rings is 1. The second kappa shape index (κ2) is 5.50. The van der Waals surface area contributed by atoms with Gasteiger partial charge >= 0.3 is 0 Å². The van der Waals surface area contributed by atoms with Gasteiger partial charge in [-0.15, -0.1) is 0 Å². The predicted molar refractivity (Wildman–Crippen MR) is 76.3 cm³/mol. The summed E-state index contributed by atoms with van der Waals surface area (Å²) in [6, 6.07) is 12.4. The van der Waals surface area contributed by atoms with Gasteiger partial charge in [0.1, 0.15) is 0 Å². The maximum absolute atomic E-state index is 4.38. The van der Waals surface area contributed by atoms with Crippen LogP contribution in [0, 0.1) is 13.8 Å². The number of hydrogen-bond acceptors (Lipinski definition) is 1. The summed E-state index contributed by atoms with van der Waals surface area (Å²) in [6.07, 6.45) is 4.86. The number of nitrogens with zero attached hydrogens (tertiary/aromatic N) is 2. The molecule has 1 aromatic heterocycles.